The van der Waals surface area contributed by atoms with Crippen LogP contribution in [0.15, 0.2) is 59.4 Å². The lowest BCUT2D eigenvalue weighted by molar-refractivity contribution is -0.152. The van der Waals surface area contributed by atoms with Gasteiger partial charge >= 0.3 is 0 Å². The molecule has 1 saturated carbocycles. The third-order valence-electron chi connectivity index (χ3n) is 6.63. The van der Waals surface area contributed by atoms with E-state index < -0.39 is 23.0 Å². The number of carbonyl (C=O) groups is 2. The molecule has 1 amide bonds. The van der Waals surface area contributed by atoms with Crippen molar-refractivity contribution in [3.05, 3.63) is 76.1 Å². The van der Waals surface area contributed by atoms with Gasteiger partial charge in [-0.15, -0.1) is 0 Å². The maximum Gasteiger partial charge on any atom is 0.270 e. The van der Waals surface area contributed by atoms with Gasteiger partial charge in [-0.25, -0.2) is 4.98 Å². The van der Waals surface area contributed by atoms with Gasteiger partial charge in [0, 0.05) is 40.2 Å². The fourth-order valence-electron chi connectivity index (χ4n) is 4.89. The zero-order chi connectivity index (χ0) is 23.5. The maximum atomic E-state index is 14.0. The Morgan fingerprint density at radius 3 is 2.82 bits per heavy atom. The molecule has 33 heavy (non-hydrogen) atoms. The van der Waals surface area contributed by atoms with E-state index in [1.54, 1.807) is 12.1 Å². The predicted molar refractivity (Wildman–Crippen MR) is 120 cm³/mol. The Morgan fingerprint density at radius 1 is 1.30 bits per heavy atom. The summed E-state index contributed by atoms with van der Waals surface area (Å²) in [7, 11) is 1.45. The molecule has 1 aliphatic heterocycles. The summed E-state index contributed by atoms with van der Waals surface area (Å²) in [5.74, 6) is -2.37. The first kappa shape index (κ1) is 21.2. The van der Waals surface area contributed by atoms with E-state index in [0.29, 0.717) is 35.4 Å². The number of hydrogen-bond donors (Lipinski definition) is 3. The van der Waals surface area contributed by atoms with Crippen molar-refractivity contribution in [2.24, 2.45) is 5.73 Å². The van der Waals surface area contributed by atoms with Gasteiger partial charge in [0.15, 0.2) is 0 Å². The van der Waals surface area contributed by atoms with Crippen LogP contribution in [0.1, 0.15) is 54.1 Å². The van der Waals surface area contributed by atoms with E-state index in [1.807, 2.05) is 26.0 Å². The Morgan fingerprint density at radius 2 is 2.09 bits per heavy atom. The number of ether oxygens (including phenoxy) is 2. The number of fused-ring (bicyclic) bond motifs is 5. The molecule has 5 rings (SSSR count). The normalized spacial score (nSPS) is 25.2. The predicted octanol–water partition coefficient (Wildman–Crippen LogP) is 2.44. The Balaban J connectivity index is 1.71. The van der Waals surface area contributed by atoms with Crippen molar-refractivity contribution in [1.29, 1.82) is 0 Å². The molecule has 2 atom stereocenters. The number of Topliss-reactive ketones (excluding diaryl/α,β-unsaturated/α-hetero) is 1. The molecule has 2 aliphatic carbocycles. The first-order valence-corrected chi connectivity index (χ1v) is 10.9. The van der Waals surface area contributed by atoms with Crippen molar-refractivity contribution < 1.29 is 24.2 Å². The second-order valence-electron chi connectivity index (χ2n) is 8.83. The van der Waals surface area contributed by atoms with Gasteiger partial charge in [0.25, 0.3) is 11.7 Å². The van der Waals surface area contributed by atoms with Crippen molar-refractivity contribution in [1.82, 2.24) is 10.3 Å². The zero-order valence-electron chi connectivity index (χ0n) is 18.6. The summed E-state index contributed by atoms with van der Waals surface area (Å²) < 4.78 is 11.2. The largest absolute Gasteiger partial charge is 0.481 e. The molecule has 2 aromatic rings. The first-order chi connectivity index (χ1) is 15.7. The van der Waals surface area contributed by atoms with Crippen LogP contribution in [0.4, 0.5) is 0 Å². The molecule has 0 bridgehead atoms. The Bertz CT molecular complexity index is 1260. The second kappa shape index (κ2) is 7.18. The summed E-state index contributed by atoms with van der Waals surface area (Å²) in [6.07, 6.45) is 4.25. The van der Waals surface area contributed by atoms with Gasteiger partial charge in [-0.2, -0.15) is 0 Å². The van der Waals surface area contributed by atoms with Crippen molar-refractivity contribution in [2.75, 3.05) is 7.11 Å². The van der Waals surface area contributed by atoms with Crippen LogP contribution >= 0.6 is 0 Å². The average molecular weight is 447 g/mol. The molecule has 8 heteroatoms. The Labute approximate surface area is 191 Å². The summed E-state index contributed by atoms with van der Waals surface area (Å²) in [5.41, 5.74) is 6.83. The number of methoxy groups -OCH3 is 1. The number of nitrogens with zero attached hydrogens (tertiary/aromatic N) is 1. The molecule has 170 valence electrons. The van der Waals surface area contributed by atoms with Gasteiger partial charge in [0.2, 0.25) is 17.2 Å². The SMILES string of the molecule is COc1cc(C(=O)NC23C(=O)C4=C(N)CCC=C4C2(O)Oc2cc(C(C)C)ccc23)ccn1. The summed E-state index contributed by atoms with van der Waals surface area (Å²) in [6, 6.07) is 8.39. The minimum Gasteiger partial charge on any atom is -0.481 e. The summed E-state index contributed by atoms with van der Waals surface area (Å²) in [6.45, 7) is 4.08. The van der Waals surface area contributed by atoms with E-state index in [0.717, 1.165) is 5.56 Å². The fourth-order valence-corrected chi connectivity index (χ4v) is 4.89. The van der Waals surface area contributed by atoms with Gasteiger partial charge < -0.3 is 25.6 Å². The number of nitrogens with one attached hydrogen (secondary N) is 1. The number of amides is 1. The quantitative estimate of drug-likeness (QED) is 0.658. The molecule has 8 nitrogen and oxygen atoms in total. The molecule has 1 aromatic carbocycles. The van der Waals surface area contributed by atoms with Crippen LogP contribution in [0.5, 0.6) is 11.6 Å². The monoisotopic (exact) mass is 447 g/mol. The minimum atomic E-state index is -2.12. The van der Waals surface area contributed by atoms with Gasteiger partial charge in [-0.1, -0.05) is 32.1 Å². The van der Waals surface area contributed by atoms with E-state index in [-0.39, 0.29) is 22.9 Å². The van der Waals surface area contributed by atoms with Crippen molar-refractivity contribution >= 4 is 11.7 Å². The maximum absolute atomic E-state index is 14.0. The number of aliphatic hydroxyl groups is 1. The topological polar surface area (TPSA) is 124 Å². The highest BCUT2D eigenvalue weighted by Crippen LogP contribution is 2.59. The third-order valence-corrected chi connectivity index (χ3v) is 6.63. The van der Waals surface area contributed by atoms with Crippen LogP contribution in [-0.4, -0.2) is 34.7 Å². The van der Waals surface area contributed by atoms with E-state index >= 15 is 0 Å². The standard InChI is InChI=1S/C25H25N3O5/c1-13(2)14-7-8-16-19(11-14)33-25(31)17-5-4-6-18(26)21(17)22(29)24(16,25)28-23(30)15-9-10-27-20(12-15)32-3/h5,7-13,31H,4,6,26H2,1-3H3,(H,28,30). The highest BCUT2D eigenvalue weighted by atomic mass is 16.6. The smallest absolute Gasteiger partial charge is 0.270 e. The van der Waals surface area contributed by atoms with Crippen LogP contribution in [0.2, 0.25) is 0 Å². The summed E-state index contributed by atoms with van der Waals surface area (Å²) in [4.78, 5) is 31.4. The van der Waals surface area contributed by atoms with Crippen molar-refractivity contribution in [3.8, 4) is 11.6 Å². The van der Waals surface area contributed by atoms with Crippen LogP contribution in [0.3, 0.4) is 0 Å². The molecule has 4 N–H and O–H groups in total. The number of hydrogen-bond acceptors (Lipinski definition) is 7. The number of rotatable bonds is 4. The molecule has 1 fully saturated rings. The molecule has 0 radical (unpaired) electrons. The van der Waals surface area contributed by atoms with E-state index in [9.17, 15) is 14.7 Å². The molecule has 2 unspecified atom stereocenters. The highest BCUT2D eigenvalue weighted by molar-refractivity contribution is 6.16. The lowest BCUT2D eigenvalue weighted by atomic mass is 9.82. The second-order valence-corrected chi connectivity index (χ2v) is 8.83. The molecule has 1 aromatic heterocycles. The minimum absolute atomic E-state index is 0.208. The molecule has 3 aliphatic rings. The molecule has 0 saturated heterocycles. The van der Waals surface area contributed by atoms with Crippen LogP contribution < -0.4 is 20.5 Å². The molecular weight excluding hydrogens is 422 g/mol. The zero-order valence-corrected chi connectivity index (χ0v) is 18.6. The molecular formula is C25H25N3O5. The van der Waals surface area contributed by atoms with E-state index in [1.165, 1.54) is 25.4 Å². The van der Waals surface area contributed by atoms with Crippen molar-refractivity contribution in [3.63, 3.8) is 0 Å². The van der Waals surface area contributed by atoms with Gasteiger partial charge in [0.1, 0.15) is 5.75 Å². The third kappa shape index (κ3) is 2.77. The highest BCUT2D eigenvalue weighted by Gasteiger charge is 2.74. The van der Waals surface area contributed by atoms with Crippen LogP contribution in [0, 0.1) is 0 Å². The van der Waals surface area contributed by atoms with Gasteiger partial charge in [-0.3, -0.25) is 9.59 Å². The fraction of sp³-hybridized carbons (Fsp3) is 0.320. The Hall–Kier alpha value is -3.65. The average Bonchev–Trinajstić information content (AvgIpc) is 3.16. The lowest BCUT2D eigenvalue weighted by Gasteiger charge is -2.34. The lowest BCUT2D eigenvalue weighted by Crippen LogP contribution is -2.62. The number of nitrogens with two attached hydrogens (primary N) is 1. The van der Waals surface area contributed by atoms with Crippen molar-refractivity contribution in [2.45, 2.75) is 43.9 Å². The summed E-state index contributed by atoms with van der Waals surface area (Å²) in [5, 5.41) is 14.8. The number of pyridine rings is 1. The van der Waals surface area contributed by atoms with Crippen LogP contribution in [-0.2, 0) is 10.3 Å². The van der Waals surface area contributed by atoms with E-state index in [4.69, 9.17) is 15.2 Å². The number of carbonyl (C=O) groups excluding carboxylic acids is 2. The molecule has 2 heterocycles. The Kier molecular flexibility index (Phi) is 4.61. The van der Waals surface area contributed by atoms with Gasteiger partial charge in [-0.05, 0) is 36.5 Å². The first-order valence-electron chi connectivity index (χ1n) is 10.9. The number of aromatic nitrogens is 1. The number of benzene rings is 1. The summed E-state index contributed by atoms with van der Waals surface area (Å²) >= 11 is 0. The van der Waals surface area contributed by atoms with Crippen LogP contribution in [0.25, 0.3) is 0 Å². The van der Waals surface area contributed by atoms with E-state index in [2.05, 4.69) is 10.3 Å². The molecule has 0 spiro atoms. The number of allylic oxidation sites excluding steroid dienone is 2. The number of ketones is 1. The van der Waals surface area contributed by atoms with Gasteiger partial charge in [0.05, 0.1) is 7.11 Å².